The van der Waals surface area contributed by atoms with Crippen molar-refractivity contribution in [1.29, 1.82) is 0 Å². The maximum Gasteiger partial charge on any atom is 0.153 e. The van der Waals surface area contributed by atoms with Crippen molar-refractivity contribution in [2.45, 2.75) is 19.3 Å². The second-order valence-electron chi connectivity index (χ2n) is 4.07. The number of nitrogen functional groups attached to an aromatic ring is 1. The largest absolute Gasteiger partial charge is 0.382 e. The third-order valence-electron chi connectivity index (χ3n) is 2.16. The van der Waals surface area contributed by atoms with Crippen LogP contribution >= 0.6 is 0 Å². The number of rotatable bonds is 1. The summed E-state index contributed by atoms with van der Waals surface area (Å²) in [5, 5.41) is 7.75. The van der Waals surface area contributed by atoms with Gasteiger partial charge in [0.1, 0.15) is 0 Å². The van der Waals surface area contributed by atoms with Crippen molar-refractivity contribution in [2.24, 2.45) is 0 Å². The number of aromatic nitrogens is 3. The molecule has 0 atom stereocenters. The predicted octanol–water partition coefficient (Wildman–Crippen LogP) is 1.65. The minimum Gasteiger partial charge on any atom is -0.382 e. The summed E-state index contributed by atoms with van der Waals surface area (Å²) < 4.78 is 0. The minimum absolute atomic E-state index is 0.252. The van der Waals surface area contributed by atoms with Crippen LogP contribution in [0.4, 0.5) is 5.82 Å². The van der Waals surface area contributed by atoms with Crippen LogP contribution in [0.3, 0.4) is 0 Å². The summed E-state index contributed by atoms with van der Waals surface area (Å²) in [6.45, 7) is 8.06. The number of anilines is 1. The minimum atomic E-state index is -0.252. The fourth-order valence-electron chi connectivity index (χ4n) is 1.48. The van der Waals surface area contributed by atoms with Gasteiger partial charge in [-0.3, -0.25) is 10.1 Å². The van der Waals surface area contributed by atoms with Crippen LogP contribution in [0.5, 0.6) is 0 Å². The monoisotopic (exact) mass is 189 g/mol. The van der Waals surface area contributed by atoms with E-state index in [1.165, 1.54) is 0 Å². The lowest BCUT2D eigenvalue weighted by Gasteiger charge is -2.17. The molecule has 3 N–H and O–H groups in total. The van der Waals surface area contributed by atoms with E-state index in [-0.39, 0.29) is 5.41 Å². The summed E-state index contributed by atoms with van der Waals surface area (Å²) >= 11 is 0. The number of nitrogens with two attached hydrogens (primary N) is 1. The van der Waals surface area contributed by atoms with E-state index in [2.05, 4.69) is 22.1 Å². The molecular formula is C10H13N4. The van der Waals surface area contributed by atoms with Gasteiger partial charge in [0.2, 0.25) is 0 Å². The molecule has 0 bridgehead atoms. The summed E-state index contributed by atoms with van der Waals surface area (Å²) in [6, 6.07) is 1.85. The van der Waals surface area contributed by atoms with E-state index in [1.54, 1.807) is 6.20 Å². The average Bonchev–Trinajstić information content (AvgIpc) is 2.46. The van der Waals surface area contributed by atoms with Crippen molar-refractivity contribution in [3.63, 3.8) is 0 Å². The number of hydrogen-bond donors (Lipinski definition) is 2. The zero-order chi connectivity index (χ0) is 10.3. The lowest BCUT2D eigenvalue weighted by Crippen LogP contribution is -2.14. The summed E-state index contributed by atoms with van der Waals surface area (Å²) in [6.07, 6.45) is 1.73. The number of pyridine rings is 1. The second kappa shape index (κ2) is 2.70. The van der Waals surface area contributed by atoms with Crippen LogP contribution in [0, 0.1) is 6.92 Å². The molecule has 14 heavy (non-hydrogen) atoms. The van der Waals surface area contributed by atoms with Gasteiger partial charge in [0.15, 0.2) is 5.82 Å². The van der Waals surface area contributed by atoms with Gasteiger partial charge in [-0.1, -0.05) is 13.8 Å². The fraction of sp³-hybridized carbons (Fsp3) is 0.300. The highest BCUT2D eigenvalue weighted by atomic mass is 15.2. The topological polar surface area (TPSA) is 67.6 Å². The summed E-state index contributed by atoms with van der Waals surface area (Å²) in [4.78, 5) is 4.30. The van der Waals surface area contributed by atoms with Crippen molar-refractivity contribution in [3.05, 3.63) is 24.9 Å². The molecule has 0 amide bonds. The summed E-state index contributed by atoms with van der Waals surface area (Å²) in [5.74, 6) is 0.507. The number of nitrogens with zero attached hydrogens (tertiary/aromatic N) is 2. The molecule has 2 aromatic rings. The third-order valence-corrected chi connectivity index (χ3v) is 2.16. The Morgan fingerprint density at radius 2 is 2.21 bits per heavy atom. The Morgan fingerprint density at radius 3 is 2.86 bits per heavy atom. The quantitative estimate of drug-likeness (QED) is 0.716. The smallest absolute Gasteiger partial charge is 0.153 e. The first-order chi connectivity index (χ1) is 6.50. The van der Waals surface area contributed by atoms with Gasteiger partial charge >= 0.3 is 0 Å². The fourth-order valence-corrected chi connectivity index (χ4v) is 1.48. The molecule has 0 fully saturated rings. The number of H-pyrrole nitrogens is 1. The summed E-state index contributed by atoms with van der Waals surface area (Å²) in [5.41, 5.74) is 7.21. The molecule has 0 saturated carbocycles. The molecule has 0 spiro atoms. The van der Waals surface area contributed by atoms with Gasteiger partial charge in [-0.2, -0.15) is 5.10 Å². The van der Waals surface area contributed by atoms with Gasteiger partial charge in [0.25, 0.3) is 0 Å². The molecule has 0 unspecified atom stereocenters. The second-order valence-corrected chi connectivity index (χ2v) is 4.07. The van der Waals surface area contributed by atoms with Crippen LogP contribution in [-0.2, 0) is 5.41 Å². The Balaban J connectivity index is 2.79. The first kappa shape index (κ1) is 8.99. The number of hydrogen-bond acceptors (Lipinski definition) is 3. The highest BCUT2D eigenvalue weighted by molar-refractivity contribution is 5.90. The first-order valence-electron chi connectivity index (χ1n) is 4.44. The normalized spacial score (nSPS) is 12.2. The molecule has 0 aliphatic rings. The molecule has 0 aromatic carbocycles. The van der Waals surface area contributed by atoms with Crippen molar-refractivity contribution in [1.82, 2.24) is 15.2 Å². The van der Waals surface area contributed by atoms with Crippen LogP contribution < -0.4 is 5.73 Å². The van der Waals surface area contributed by atoms with E-state index in [4.69, 9.17) is 5.73 Å². The SMILES string of the molecule is [CH2]C(C)(C)c1nccc2c(N)n[nH]c12. The van der Waals surface area contributed by atoms with Crippen LogP contribution in [-0.4, -0.2) is 15.2 Å². The number of aromatic amines is 1. The van der Waals surface area contributed by atoms with Crippen molar-refractivity contribution < 1.29 is 0 Å². The zero-order valence-electron chi connectivity index (χ0n) is 8.33. The van der Waals surface area contributed by atoms with Crippen molar-refractivity contribution in [2.75, 3.05) is 5.73 Å². The molecule has 0 saturated heterocycles. The molecule has 2 rings (SSSR count). The highest BCUT2D eigenvalue weighted by Gasteiger charge is 2.20. The predicted molar refractivity (Wildman–Crippen MR) is 56.7 cm³/mol. The molecule has 4 nitrogen and oxygen atoms in total. The molecular weight excluding hydrogens is 176 g/mol. The van der Waals surface area contributed by atoms with Crippen molar-refractivity contribution in [3.8, 4) is 0 Å². The number of nitrogens with one attached hydrogen (secondary N) is 1. The Labute approximate surface area is 82.5 Å². The van der Waals surface area contributed by atoms with Gasteiger partial charge in [-0.05, 0) is 13.0 Å². The Kier molecular flexibility index (Phi) is 1.74. The van der Waals surface area contributed by atoms with Crippen LogP contribution in [0.25, 0.3) is 10.9 Å². The maximum atomic E-state index is 5.70. The average molecular weight is 189 g/mol. The standard InChI is InChI=1S/C10H13N4/c1-10(2,3)8-7-6(4-5-12-8)9(11)14-13-7/h4-5H,1H2,2-3H3,(H3,11,13,14). The Hall–Kier alpha value is -1.58. The molecule has 2 aromatic heterocycles. The lowest BCUT2D eigenvalue weighted by atomic mass is 9.90. The third kappa shape index (κ3) is 1.23. The lowest BCUT2D eigenvalue weighted by molar-refractivity contribution is 0.644. The highest BCUT2D eigenvalue weighted by Crippen LogP contribution is 2.27. The van der Waals surface area contributed by atoms with Gasteiger partial charge in [-0.25, -0.2) is 0 Å². The van der Waals surface area contributed by atoms with E-state index in [0.29, 0.717) is 5.82 Å². The maximum absolute atomic E-state index is 5.70. The number of fused-ring (bicyclic) bond motifs is 1. The molecule has 4 heteroatoms. The molecule has 2 heterocycles. The van der Waals surface area contributed by atoms with Crippen molar-refractivity contribution >= 4 is 16.7 Å². The van der Waals surface area contributed by atoms with E-state index in [1.807, 2.05) is 19.9 Å². The van der Waals surface area contributed by atoms with E-state index >= 15 is 0 Å². The van der Waals surface area contributed by atoms with E-state index < -0.39 is 0 Å². The van der Waals surface area contributed by atoms with Crippen LogP contribution in [0.1, 0.15) is 19.5 Å². The molecule has 1 radical (unpaired) electrons. The van der Waals surface area contributed by atoms with Gasteiger partial charge in [-0.15, -0.1) is 0 Å². The molecule has 0 aliphatic heterocycles. The van der Waals surface area contributed by atoms with Gasteiger partial charge in [0, 0.05) is 17.0 Å². The van der Waals surface area contributed by atoms with Crippen LogP contribution in [0.2, 0.25) is 0 Å². The Morgan fingerprint density at radius 1 is 1.50 bits per heavy atom. The first-order valence-corrected chi connectivity index (χ1v) is 4.44. The zero-order valence-corrected chi connectivity index (χ0v) is 8.33. The van der Waals surface area contributed by atoms with Gasteiger partial charge < -0.3 is 5.73 Å². The van der Waals surface area contributed by atoms with Crippen LogP contribution in [0.15, 0.2) is 12.3 Å². The Bertz CT molecular complexity index is 464. The summed E-state index contributed by atoms with van der Waals surface area (Å²) in [7, 11) is 0. The van der Waals surface area contributed by atoms with E-state index in [9.17, 15) is 0 Å². The molecule has 73 valence electrons. The van der Waals surface area contributed by atoms with Gasteiger partial charge in [0.05, 0.1) is 11.2 Å². The molecule has 0 aliphatic carbocycles. The van der Waals surface area contributed by atoms with E-state index in [0.717, 1.165) is 16.6 Å².